The smallest absolute Gasteiger partial charge is 0.326 e. The predicted octanol–water partition coefficient (Wildman–Crippen LogP) is 1.84. The number of benzene rings is 1. The summed E-state index contributed by atoms with van der Waals surface area (Å²) in [5.41, 5.74) is 0.832. The Morgan fingerprint density at radius 2 is 1.71 bits per heavy atom. The third-order valence-electron chi connectivity index (χ3n) is 3.95. The maximum Gasteiger partial charge on any atom is 0.326 e. The first-order valence-corrected chi connectivity index (χ1v) is 9.20. The molecular formula is C19H19BrFN3O4. The van der Waals surface area contributed by atoms with E-state index >= 15 is 0 Å². The van der Waals surface area contributed by atoms with Crippen molar-refractivity contribution >= 4 is 33.7 Å². The number of hydrogen-bond acceptors (Lipinski definition) is 4. The summed E-state index contributed by atoms with van der Waals surface area (Å²) in [6, 6.07) is 6.85. The third-order valence-corrected chi connectivity index (χ3v) is 4.66. The highest BCUT2D eigenvalue weighted by Crippen LogP contribution is 2.15. The summed E-state index contributed by atoms with van der Waals surface area (Å²) in [5, 5.41) is 14.3. The van der Waals surface area contributed by atoms with Crippen molar-refractivity contribution in [3.63, 3.8) is 0 Å². The fourth-order valence-electron chi connectivity index (χ4n) is 2.60. The lowest BCUT2D eigenvalue weighted by Gasteiger charge is -2.21. The molecular weight excluding hydrogens is 433 g/mol. The van der Waals surface area contributed by atoms with Crippen molar-refractivity contribution in [2.24, 2.45) is 0 Å². The van der Waals surface area contributed by atoms with E-state index in [2.05, 4.69) is 31.5 Å². The van der Waals surface area contributed by atoms with E-state index in [4.69, 9.17) is 0 Å². The minimum absolute atomic E-state index is 0.0119. The molecule has 2 amide bonds. The molecule has 0 aliphatic carbocycles. The largest absolute Gasteiger partial charge is 0.480 e. The van der Waals surface area contributed by atoms with Crippen LogP contribution in [0.25, 0.3) is 0 Å². The number of carboxylic acids is 1. The summed E-state index contributed by atoms with van der Waals surface area (Å²) in [5.74, 6) is -2.96. The van der Waals surface area contributed by atoms with Gasteiger partial charge in [0.05, 0.1) is 0 Å². The molecule has 2 atom stereocenters. The van der Waals surface area contributed by atoms with Gasteiger partial charge in [-0.05, 0) is 39.2 Å². The Hall–Kier alpha value is -2.81. The maximum atomic E-state index is 13.9. The molecule has 1 aromatic heterocycles. The maximum absolute atomic E-state index is 13.9. The number of aromatic nitrogens is 1. The number of nitrogens with zero attached hydrogens (tertiary/aromatic N) is 1. The highest BCUT2D eigenvalue weighted by Gasteiger charge is 2.27. The molecule has 148 valence electrons. The van der Waals surface area contributed by atoms with Crippen molar-refractivity contribution in [1.82, 2.24) is 15.6 Å². The molecule has 0 saturated carbocycles. The van der Waals surface area contributed by atoms with Crippen molar-refractivity contribution < 1.29 is 23.9 Å². The van der Waals surface area contributed by atoms with Gasteiger partial charge in [-0.3, -0.25) is 9.59 Å². The van der Waals surface area contributed by atoms with Gasteiger partial charge in [-0.15, -0.1) is 0 Å². The van der Waals surface area contributed by atoms with E-state index in [9.17, 15) is 23.9 Å². The van der Waals surface area contributed by atoms with Crippen molar-refractivity contribution in [2.75, 3.05) is 0 Å². The predicted molar refractivity (Wildman–Crippen MR) is 103 cm³/mol. The van der Waals surface area contributed by atoms with Gasteiger partial charge in [-0.1, -0.05) is 24.3 Å². The van der Waals surface area contributed by atoms with Crippen LogP contribution in [-0.2, 0) is 27.2 Å². The van der Waals surface area contributed by atoms with Crippen LogP contribution in [0.1, 0.15) is 18.1 Å². The van der Waals surface area contributed by atoms with Crippen LogP contribution in [0.5, 0.6) is 0 Å². The van der Waals surface area contributed by atoms with Crippen molar-refractivity contribution in [3.8, 4) is 0 Å². The molecule has 28 heavy (non-hydrogen) atoms. The van der Waals surface area contributed by atoms with Gasteiger partial charge in [0.25, 0.3) is 0 Å². The number of carboxylic acid groups (broad SMARTS) is 1. The average Bonchev–Trinajstić information content (AvgIpc) is 2.63. The molecule has 1 heterocycles. The van der Waals surface area contributed by atoms with E-state index < -0.39 is 35.7 Å². The van der Waals surface area contributed by atoms with Crippen LogP contribution in [0.4, 0.5) is 4.39 Å². The highest BCUT2D eigenvalue weighted by molar-refractivity contribution is 9.10. The zero-order valence-corrected chi connectivity index (χ0v) is 16.6. The van der Waals surface area contributed by atoms with Gasteiger partial charge in [0.2, 0.25) is 11.8 Å². The van der Waals surface area contributed by atoms with Crippen LogP contribution in [0.2, 0.25) is 0 Å². The number of carbonyl (C=O) groups excluding carboxylic acids is 2. The summed E-state index contributed by atoms with van der Waals surface area (Å²) in [7, 11) is 0. The monoisotopic (exact) mass is 451 g/mol. The molecule has 0 aliphatic heterocycles. The van der Waals surface area contributed by atoms with Gasteiger partial charge < -0.3 is 15.7 Å². The molecule has 0 fully saturated rings. The first-order chi connectivity index (χ1) is 13.3. The number of aliphatic carboxylic acids is 1. The van der Waals surface area contributed by atoms with Gasteiger partial charge >= 0.3 is 5.97 Å². The summed E-state index contributed by atoms with van der Waals surface area (Å²) in [6.07, 6.45) is 1.42. The quantitative estimate of drug-likeness (QED) is 0.530. The Morgan fingerprint density at radius 1 is 1.07 bits per heavy atom. The second-order valence-corrected chi connectivity index (χ2v) is 6.86. The molecule has 0 radical (unpaired) electrons. The highest BCUT2D eigenvalue weighted by atomic mass is 79.9. The number of rotatable bonds is 8. The van der Waals surface area contributed by atoms with Gasteiger partial charge in [0.1, 0.15) is 22.5 Å². The zero-order valence-electron chi connectivity index (χ0n) is 15.0. The lowest BCUT2D eigenvalue weighted by molar-refractivity contribution is -0.142. The van der Waals surface area contributed by atoms with Crippen LogP contribution in [0.15, 0.2) is 47.2 Å². The standard InChI is InChI=1S/C19H19BrFN3O4/c1-11(25)23-15(9-12-5-2-3-7-14(12)21)18(26)24-16(19(27)28)10-13-6-4-8-22-17(13)20/h2-8,15-16H,9-10H2,1H3,(H,23,25)(H,24,26)(H,27,28)/t15-,16-/m0/s1. The van der Waals surface area contributed by atoms with E-state index in [-0.39, 0.29) is 18.4 Å². The minimum atomic E-state index is -1.25. The summed E-state index contributed by atoms with van der Waals surface area (Å²) in [4.78, 5) is 39.8. The Balaban J connectivity index is 2.17. The molecule has 0 unspecified atom stereocenters. The minimum Gasteiger partial charge on any atom is -0.480 e. The molecule has 0 saturated heterocycles. The van der Waals surface area contributed by atoms with E-state index in [1.807, 2.05) is 0 Å². The summed E-state index contributed by atoms with van der Waals surface area (Å²) < 4.78 is 14.4. The normalized spacial score (nSPS) is 12.7. The number of nitrogens with one attached hydrogen (secondary N) is 2. The lowest BCUT2D eigenvalue weighted by atomic mass is 10.0. The van der Waals surface area contributed by atoms with Crippen LogP contribution < -0.4 is 10.6 Å². The molecule has 0 bridgehead atoms. The second kappa shape index (κ2) is 9.93. The van der Waals surface area contributed by atoms with Crippen molar-refractivity contribution in [1.29, 1.82) is 0 Å². The summed E-state index contributed by atoms with van der Waals surface area (Å²) in [6.45, 7) is 1.23. The molecule has 2 rings (SSSR count). The number of pyridine rings is 1. The second-order valence-electron chi connectivity index (χ2n) is 6.11. The average molecular weight is 452 g/mol. The molecule has 0 spiro atoms. The van der Waals surface area contributed by atoms with Gasteiger partial charge in [0, 0.05) is 26.0 Å². The summed E-state index contributed by atoms with van der Waals surface area (Å²) >= 11 is 3.24. The van der Waals surface area contributed by atoms with Crippen LogP contribution in [-0.4, -0.2) is 40.0 Å². The lowest BCUT2D eigenvalue weighted by Crippen LogP contribution is -2.52. The van der Waals surface area contributed by atoms with Crippen LogP contribution in [0, 0.1) is 5.82 Å². The molecule has 9 heteroatoms. The van der Waals surface area contributed by atoms with E-state index in [0.29, 0.717) is 10.2 Å². The van der Waals surface area contributed by atoms with Crippen LogP contribution in [0.3, 0.4) is 0 Å². The van der Waals surface area contributed by atoms with Gasteiger partial charge in [-0.2, -0.15) is 0 Å². The Bertz CT molecular complexity index is 878. The molecule has 0 aliphatic rings. The van der Waals surface area contributed by atoms with Crippen LogP contribution >= 0.6 is 15.9 Å². The zero-order chi connectivity index (χ0) is 20.7. The first kappa shape index (κ1) is 21.5. The third kappa shape index (κ3) is 6.12. The SMILES string of the molecule is CC(=O)N[C@@H](Cc1ccccc1F)C(=O)N[C@@H](Cc1cccnc1Br)C(=O)O. The number of amides is 2. The van der Waals surface area contributed by atoms with Gasteiger partial charge in [-0.25, -0.2) is 14.2 Å². The molecule has 3 N–H and O–H groups in total. The molecule has 7 nitrogen and oxygen atoms in total. The topological polar surface area (TPSA) is 108 Å². The van der Waals surface area contributed by atoms with Gasteiger partial charge in [0.15, 0.2) is 0 Å². The number of carbonyl (C=O) groups is 3. The van der Waals surface area contributed by atoms with E-state index in [1.165, 1.54) is 25.1 Å². The Labute approximate surface area is 169 Å². The first-order valence-electron chi connectivity index (χ1n) is 8.41. The van der Waals surface area contributed by atoms with Crippen molar-refractivity contribution in [2.45, 2.75) is 31.8 Å². The van der Waals surface area contributed by atoms with E-state index in [1.54, 1.807) is 24.4 Å². The Morgan fingerprint density at radius 3 is 2.32 bits per heavy atom. The Kier molecular flexibility index (Phi) is 7.62. The fraction of sp³-hybridized carbons (Fsp3) is 0.263. The number of halogens is 2. The van der Waals surface area contributed by atoms with E-state index in [0.717, 1.165) is 0 Å². The number of hydrogen-bond donors (Lipinski definition) is 3. The van der Waals surface area contributed by atoms with Crippen molar-refractivity contribution in [3.05, 3.63) is 64.1 Å². The molecule has 1 aromatic carbocycles. The molecule has 2 aromatic rings. The fourth-order valence-corrected chi connectivity index (χ4v) is 3.01.